The van der Waals surface area contributed by atoms with Gasteiger partial charge < -0.3 is 29.1 Å². The van der Waals surface area contributed by atoms with Crippen LogP contribution in [0.25, 0.3) is 0 Å². The van der Waals surface area contributed by atoms with E-state index in [1.807, 2.05) is 0 Å². The quantitative estimate of drug-likeness (QED) is 0.141. The topological polar surface area (TPSA) is 31.4 Å². The van der Waals surface area contributed by atoms with Gasteiger partial charge in [-0.3, -0.25) is 0 Å². The predicted octanol–water partition coefficient (Wildman–Crippen LogP) is 26.4. The molecule has 0 aromatic heterocycles. The molecule has 0 amide bonds. The lowest BCUT2D eigenvalue weighted by Crippen LogP contribution is -2.64. The zero-order valence-corrected chi connectivity index (χ0v) is 74.4. The van der Waals surface area contributed by atoms with Crippen molar-refractivity contribution in [1.82, 2.24) is 0 Å². The fraction of sp³-hybridized carbons (Fsp3) is 0.377. The van der Waals surface area contributed by atoms with E-state index in [1.165, 1.54) is 77.9 Å². The van der Waals surface area contributed by atoms with E-state index in [1.54, 1.807) is 0 Å². The Hall–Kier alpha value is -9.65. The molecular formula is C106H124B2N4O2. The maximum Gasteiger partial charge on any atom is 0.256 e. The maximum atomic E-state index is 8.05. The molecule has 0 N–H and O–H groups in total. The number of anilines is 12. The van der Waals surface area contributed by atoms with Gasteiger partial charge in [-0.2, -0.15) is 0 Å². The Morgan fingerprint density at radius 2 is 0.447 bits per heavy atom. The van der Waals surface area contributed by atoms with E-state index >= 15 is 0 Å². The van der Waals surface area contributed by atoms with Crippen molar-refractivity contribution in [3.63, 3.8) is 0 Å². The third kappa shape index (κ3) is 14.4. The van der Waals surface area contributed by atoms with Gasteiger partial charge in [0.15, 0.2) is 0 Å². The summed E-state index contributed by atoms with van der Waals surface area (Å²) in [5.74, 6) is 3.20. The van der Waals surface area contributed by atoms with Crippen molar-refractivity contribution in [1.29, 1.82) is 0 Å². The van der Waals surface area contributed by atoms with Crippen LogP contribution in [0.3, 0.4) is 0 Å². The monoisotopic (exact) mass is 1510 g/mol. The first-order chi connectivity index (χ1) is 52.8. The molecule has 0 atom stereocenters. The Morgan fingerprint density at radius 1 is 0.211 bits per heavy atom. The molecule has 11 aromatic carbocycles. The number of nitrogens with zero attached hydrogens (tertiary/aromatic N) is 4. The summed E-state index contributed by atoms with van der Waals surface area (Å²) >= 11 is 0. The lowest BCUT2D eigenvalue weighted by molar-refractivity contribution is 0.466. The Labute approximate surface area is 685 Å². The molecular weight excluding hydrogens is 1380 g/mol. The second-order valence-corrected chi connectivity index (χ2v) is 43.8. The first-order valence-corrected chi connectivity index (χ1v) is 41.9. The van der Waals surface area contributed by atoms with Crippen LogP contribution in [0.5, 0.6) is 23.0 Å². The first kappa shape index (κ1) is 79.6. The predicted molar refractivity (Wildman–Crippen MR) is 495 cm³/mol. The van der Waals surface area contributed by atoms with Crippen LogP contribution < -0.4 is 61.9 Å². The molecule has 6 nitrogen and oxygen atoms in total. The number of rotatable bonds is 8. The van der Waals surface area contributed by atoms with Gasteiger partial charge in [0.05, 0.1) is 11.4 Å². The number of hydrogen-bond acceptors (Lipinski definition) is 6. The highest BCUT2D eigenvalue weighted by Crippen LogP contribution is 2.53. The van der Waals surface area contributed by atoms with Gasteiger partial charge in [0, 0.05) is 75.1 Å². The van der Waals surface area contributed by atoms with E-state index in [0.29, 0.717) is 0 Å². The molecule has 0 saturated heterocycles. The molecule has 586 valence electrons. The highest BCUT2D eigenvalue weighted by Gasteiger charge is 2.51. The van der Waals surface area contributed by atoms with Crippen molar-refractivity contribution in [2.75, 3.05) is 19.6 Å². The maximum absolute atomic E-state index is 8.05. The molecule has 0 unspecified atom stereocenters. The summed E-state index contributed by atoms with van der Waals surface area (Å²) in [6.45, 7) is 69.7. The molecule has 4 heterocycles. The van der Waals surface area contributed by atoms with Crippen molar-refractivity contribution in [2.24, 2.45) is 0 Å². The van der Waals surface area contributed by atoms with Gasteiger partial charge in [-0.15, -0.1) is 0 Å². The Balaban J connectivity index is 1.06. The molecule has 0 saturated carbocycles. The van der Waals surface area contributed by atoms with Crippen molar-refractivity contribution in [3.05, 3.63) is 262 Å². The third-order valence-electron chi connectivity index (χ3n) is 24.7. The van der Waals surface area contributed by atoms with E-state index in [2.05, 4.69) is 434 Å². The fourth-order valence-corrected chi connectivity index (χ4v) is 17.7. The summed E-state index contributed by atoms with van der Waals surface area (Å²) in [6, 6.07) is 80.7. The second-order valence-electron chi connectivity index (χ2n) is 43.8. The first-order valence-electron chi connectivity index (χ1n) is 41.9. The SMILES string of the molecule is CC(C)(C)c1ccc(N(c2ccc(C(C)(C)C)cc2)c2cc3c4c(c2)N(c2ccc(C(C)(C)C)cc2)c2cc(C(C)(C)C)cc(C(C)(C)C)c2B4c2cc4c(cc2O3)Oc2cc(N(c3ccc(C(C)(C)C)cc3)c3ccc(C(C)(C)C)cc3)cc3c2B4c2c(cc(C(C)(C)C)cc2C(C)(C)C)N3c2ccc(C(C)(C)C)cc2)cc1. The van der Waals surface area contributed by atoms with Gasteiger partial charge in [0.1, 0.15) is 23.0 Å². The van der Waals surface area contributed by atoms with Crippen molar-refractivity contribution >= 4 is 114 Å². The smallest absolute Gasteiger partial charge is 0.256 e. The van der Waals surface area contributed by atoms with E-state index in [0.717, 1.165) is 102 Å². The Morgan fingerprint density at radius 3 is 0.684 bits per heavy atom. The Kier molecular flexibility index (Phi) is 18.8. The fourth-order valence-electron chi connectivity index (χ4n) is 17.7. The highest BCUT2D eigenvalue weighted by molar-refractivity contribution is 7.02. The average molecular weight is 1510 g/mol. The molecule has 4 aliphatic heterocycles. The van der Waals surface area contributed by atoms with Crippen molar-refractivity contribution < 1.29 is 9.47 Å². The minimum absolute atomic E-state index is 0.0454. The second kappa shape index (κ2) is 27.0. The lowest BCUT2D eigenvalue weighted by atomic mass is 9.30. The van der Waals surface area contributed by atoms with Crippen molar-refractivity contribution in [2.45, 2.75) is 262 Å². The summed E-state index contributed by atoms with van der Waals surface area (Å²) in [7, 11) is 0. The van der Waals surface area contributed by atoms with Gasteiger partial charge in [-0.25, -0.2) is 0 Å². The van der Waals surface area contributed by atoms with Crippen LogP contribution >= 0.6 is 0 Å². The zero-order chi connectivity index (χ0) is 82.4. The molecule has 15 rings (SSSR count). The van der Waals surface area contributed by atoms with E-state index in [9.17, 15) is 0 Å². The molecule has 0 fully saturated rings. The number of benzene rings is 11. The number of ether oxygens (including phenoxy) is 2. The normalized spacial score (nSPS) is 14.3. The van der Waals surface area contributed by atoms with Gasteiger partial charge in [0.2, 0.25) is 0 Å². The zero-order valence-electron chi connectivity index (χ0n) is 74.4. The molecule has 4 aliphatic rings. The van der Waals surface area contributed by atoms with Crippen LogP contribution in [-0.4, -0.2) is 13.4 Å². The summed E-state index contributed by atoms with van der Waals surface area (Å²) in [4.78, 5) is 10.1. The van der Waals surface area contributed by atoms with E-state index in [-0.39, 0.29) is 67.6 Å². The largest absolute Gasteiger partial charge is 0.458 e. The summed E-state index contributed by atoms with van der Waals surface area (Å²) in [6.07, 6.45) is 0. The van der Waals surface area contributed by atoms with Gasteiger partial charge in [-0.1, -0.05) is 299 Å². The van der Waals surface area contributed by atoms with Gasteiger partial charge >= 0.3 is 0 Å². The highest BCUT2D eigenvalue weighted by atomic mass is 16.5. The third-order valence-corrected chi connectivity index (χ3v) is 24.7. The van der Waals surface area contributed by atoms with E-state index < -0.39 is 0 Å². The van der Waals surface area contributed by atoms with E-state index in [4.69, 9.17) is 9.47 Å². The number of fused-ring (bicyclic) bond motifs is 8. The summed E-state index contributed by atoms with van der Waals surface area (Å²) < 4.78 is 16.1. The number of hydrogen-bond donors (Lipinski definition) is 0. The molecule has 114 heavy (non-hydrogen) atoms. The average Bonchev–Trinajstić information content (AvgIpc) is 0.686. The minimum atomic E-state index is -0.304. The van der Waals surface area contributed by atoms with Gasteiger partial charge in [0.25, 0.3) is 13.4 Å². The standard InChI is InChI=1S/C106H124B2N4O2/c1-97(2,3)65-31-43-73(44-32-65)109(74-45-33-66(34-46-74)98(4,5)6)79-59-87-95-91(61-79)113-89-64-90-84(63-83(89)107(95)93-81(105(25,26)27)55-71(103(19,20)21)57-85(93)111(87)77-51-39-69(40-52-77)101(13,14)15)108-94-82(106(28,29)30)56-72(104(22,23)24)58-86(94)112(78-53-41-70(42-54-78)102(16,17)18)88-60-80(62-92(114-90)96(88)108)110(75-47-35-67(36-48-75)99(7,8)9)76-49-37-68(38-50-76)100(10,11)12/h31-64H,1-30H3. The van der Waals surface area contributed by atoms with Crippen LogP contribution in [0.2, 0.25) is 0 Å². The molecule has 0 aliphatic carbocycles. The van der Waals surface area contributed by atoms with Crippen LogP contribution in [0.15, 0.2) is 206 Å². The molecule has 0 radical (unpaired) electrons. The van der Waals surface area contributed by atoms with Crippen LogP contribution in [0.4, 0.5) is 68.2 Å². The molecule has 0 bridgehead atoms. The summed E-state index contributed by atoms with van der Waals surface area (Å²) in [5.41, 5.74) is 31.7. The Bertz CT molecular complexity index is 5100. The van der Waals surface area contributed by atoms with Crippen molar-refractivity contribution in [3.8, 4) is 23.0 Å². The molecule has 8 heteroatoms. The van der Waals surface area contributed by atoms with Crippen LogP contribution in [0, 0.1) is 0 Å². The molecule has 11 aromatic rings. The van der Waals surface area contributed by atoms with Crippen LogP contribution in [0.1, 0.15) is 263 Å². The molecule has 0 spiro atoms. The summed E-state index contributed by atoms with van der Waals surface area (Å²) in [5, 5.41) is 0. The van der Waals surface area contributed by atoms with Crippen LogP contribution in [-0.2, 0) is 54.1 Å². The minimum Gasteiger partial charge on any atom is -0.458 e. The van der Waals surface area contributed by atoms with Gasteiger partial charge in [-0.05, 0) is 240 Å². The lowest BCUT2D eigenvalue weighted by Gasteiger charge is -2.45.